The van der Waals surface area contributed by atoms with Gasteiger partial charge in [-0.15, -0.1) is 0 Å². The van der Waals surface area contributed by atoms with E-state index in [9.17, 15) is 14.4 Å². The molecular formula is C18H27NO5. The van der Waals surface area contributed by atoms with Crippen LogP contribution in [0.1, 0.15) is 52.9 Å². The molecule has 1 saturated carbocycles. The SMILES string of the molecule is C=C(C)C(=O)OCC(=O)OCC1CCC2(CC1)CC(C)(C)NC2=O. The van der Waals surface area contributed by atoms with Crippen LogP contribution < -0.4 is 5.32 Å². The molecule has 1 aliphatic heterocycles. The number of ether oxygens (including phenoxy) is 2. The van der Waals surface area contributed by atoms with E-state index in [4.69, 9.17) is 9.47 Å². The van der Waals surface area contributed by atoms with Gasteiger partial charge < -0.3 is 14.8 Å². The molecule has 134 valence electrons. The second-order valence-electron chi connectivity index (χ2n) is 7.78. The first-order chi connectivity index (χ1) is 11.1. The molecule has 6 heteroatoms. The van der Waals surface area contributed by atoms with Crippen LogP contribution >= 0.6 is 0 Å². The van der Waals surface area contributed by atoms with Gasteiger partial charge in [-0.2, -0.15) is 0 Å². The quantitative estimate of drug-likeness (QED) is 0.614. The first-order valence-electron chi connectivity index (χ1n) is 8.44. The second-order valence-corrected chi connectivity index (χ2v) is 7.78. The summed E-state index contributed by atoms with van der Waals surface area (Å²) in [6.07, 6.45) is 4.25. The van der Waals surface area contributed by atoms with Crippen LogP contribution in [-0.4, -0.2) is 36.6 Å². The van der Waals surface area contributed by atoms with Gasteiger partial charge in [-0.25, -0.2) is 9.59 Å². The lowest BCUT2D eigenvalue weighted by molar-refractivity contribution is -0.158. The maximum atomic E-state index is 12.3. The minimum atomic E-state index is -0.596. The third-order valence-electron chi connectivity index (χ3n) is 4.93. The van der Waals surface area contributed by atoms with Crippen molar-refractivity contribution >= 4 is 17.8 Å². The van der Waals surface area contributed by atoms with Crippen LogP contribution in [0, 0.1) is 11.3 Å². The van der Waals surface area contributed by atoms with Gasteiger partial charge in [-0.1, -0.05) is 6.58 Å². The maximum absolute atomic E-state index is 12.3. The summed E-state index contributed by atoms with van der Waals surface area (Å²) in [5.41, 5.74) is -0.136. The molecule has 0 unspecified atom stereocenters. The van der Waals surface area contributed by atoms with Gasteiger partial charge in [0.05, 0.1) is 12.0 Å². The molecule has 0 bridgehead atoms. The minimum Gasteiger partial charge on any atom is -0.463 e. The van der Waals surface area contributed by atoms with Crippen LogP contribution in [0.3, 0.4) is 0 Å². The Morgan fingerprint density at radius 3 is 2.38 bits per heavy atom. The topological polar surface area (TPSA) is 81.7 Å². The molecule has 6 nitrogen and oxygen atoms in total. The van der Waals surface area contributed by atoms with Gasteiger partial charge in [-0.05, 0) is 58.8 Å². The van der Waals surface area contributed by atoms with E-state index in [0.29, 0.717) is 6.61 Å². The number of hydrogen-bond donors (Lipinski definition) is 1. The second kappa shape index (κ2) is 6.95. The van der Waals surface area contributed by atoms with Crippen molar-refractivity contribution in [3.8, 4) is 0 Å². The van der Waals surface area contributed by atoms with E-state index in [1.54, 1.807) is 0 Å². The normalized spacial score (nSPS) is 28.3. The molecule has 0 radical (unpaired) electrons. The Morgan fingerprint density at radius 1 is 1.25 bits per heavy atom. The summed E-state index contributed by atoms with van der Waals surface area (Å²) in [6, 6.07) is 0. The number of hydrogen-bond acceptors (Lipinski definition) is 5. The zero-order chi connectivity index (χ0) is 18.0. The van der Waals surface area contributed by atoms with Crippen molar-refractivity contribution < 1.29 is 23.9 Å². The van der Waals surface area contributed by atoms with Gasteiger partial charge in [0.15, 0.2) is 6.61 Å². The highest BCUT2D eigenvalue weighted by molar-refractivity contribution is 5.88. The zero-order valence-corrected chi connectivity index (χ0v) is 14.8. The summed E-state index contributed by atoms with van der Waals surface area (Å²) < 4.78 is 9.94. The molecular weight excluding hydrogens is 310 g/mol. The van der Waals surface area contributed by atoms with Gasteiger partial charge in [-0.3, -0.25) is 4.79 Å². The molecule has 1 aliphatic carbocycles. The highest BCUT2D eigenvalue weighted by Gasteiger charge is 2.51. The van der Waals surface area contributed by atoms with Crippen molar-refractivity contribution in [1.82, 2.24) is 5.32 Å². The van der Waals surface area contributed by atoms with Gasteiger partial charge in [0, 0.05) is 11.1 Å². The number of rotatable bonds is 5. The Labute approximate surface area is 143 Å². The molecule has 2 rings (SSSR count). The molecule has 1 N–H and O–H groups in total. The van der Waals surface area contributed by atoms with Crippen molar-refractivity contribution in [2.24, 2.45) is 11.3 Å². The molecule has 1 spiro atoms. The lowest BCUT2D eigenvalue weighted by Crippen LogP contribution is -2.37. The fourth-order valence-electron chi connectivity index (χ4n) is 3.71. The average molecular weight is 337 g/mol. The van der Waals surface area contributed by atoms with Crippen molar-refractivity contribution in [1.29, 1.82) is 0 Å². The summed E-state index contributed by atoms with van der Waals surface area (Å²) >= 11 is 0. The zero-order valence-electron chi connectivity index (χ0n) is 14.8. The lowest BCUT2D eigenvalue weighted by Gasteiger charge is -2.35. The van der Waals surface area contributed by atoms with Crippen molar-refractivity contribution in [3.05, 3.63) is 12.2 Å². The van der Waals surface area contributed by atoms with Crippen molar-refractivity contribution in [3.63, 3.8) is 0 Å². The molecule has 0 aromatic heterocycles. The summed E-state index contributed by atoms with van der Waals surface area (Å²) in [5, 5.41) is 3.08. The molecule has 2 fully saturated rings. The molecule has 1 saturated heterocycles. The molecule has 1 heterocycles. The molecule has 0 atom stereocenters. The summed E-state index contributed by atoms with van der Waals surface area (Å²) in [6.45, 7) is 8.99. The van der Waals surface area contributed by atoms with E-state index < -0.39 is 11.9 Å². The van der Waals surface area contributed by atoms with Crippen LogP contribution in [-0.2, 0) is 23.9 Å². The van der Waals surface area contributed by atoms with Gasteiger partial charge in [0.2, 0.25) is 5.91 Å². The molecule has 1 amide bonds. The van der Waals surface area contributed by atoms with E-state index in [0.717, 1.165) is 32.1 Å². The highest BCUT2D eigenvalue weighted by atomic mass is 16.6. The Hall–Kier alpha value is -1.85. The van der Waals surface area contributed by atoms with Crippen LogP contribution in [0.25, 0.3) is 0 Å². The van der Waals surface area contributed by atoms with E-state index >= 15 is 0 Å². The first-order valence-corrected chi connectivity index (χ1v) is 8.44. The van der Waals surface area contributed by atoms with E-state index in [-0.39, 0.29) is 35.0 Å². The fraction of sp³-hybridized carbons (Fsp3) is 0.722. The fourth-order valence-corrected chi connectivity index (χ4v) is 3.71. The largest absolute Gasteiger partial charge is 0.463 e. The van der Waals surface area contributed by atoms with Crippen molar-refractivity contribution in [2.45, 2.75) is 58.4 Å². The highest BCUT2D eigenvalue weighted by Crippen LogP contribution is 2.48. The molecule has 2 aliphatic rings. The number of carbonyl (C=O) groups is 3. The van der Waals surface area contributed by atoms with Gasteiger partial charge in [0.1, 0.15) is 0 Å². The molecule has 24 heavy (non-hydrogen) atoms. The van der Waals surface area contributed by atoms with E-state index in [1.165, 1.54) is 6.92 Å². The number of carbonyl (C=O) groups excluding carboxylic acids is 3. The Bertz CT molecular complexity index is 544. The Morgan fingerprint density at radius 2 is 1.88 bits per heavy atom. The van der Waals surface area contributed by atoms with Gasteiger partial charge >= 0.3 is 11.9 Å². The van der Waals surface area contributed by atoms with Crippen LogP contribution in [0.15, 0.2) is 12.2 Å². The predicted octanol–water partition coefficient (Wildman–Crippen LogP) is 2.12. The van der Waals surface area contributed by atoms with Crippen LogP contribution in [0.4, 0.5) is 0 Å². The first kappa shape index (κ1) is 18.5. The van der Waals surface area contributed by atoms with E-state index in [2.05, 4.69) is 25.7 Å². The summed E-state index contributed by atoms with van der Waals surface area (Å²) in [4.78, 5) is 35.1. The van der Waals surface area contributed by atoms with Gasteiger partial charge in [0.25, 0.3) is 0 Å². The monoisotopic (exact) mass is 337 g/mol. The lowest BCUT2D eigenvalue weighted by atomic mass is 9.68. The molecule has 0 aromatic carbocycles. The standard InChI is InChI=1S/C18H27NO5/c1-12(2)15(21)24-10-14(20)23-9-13-5-7-18(8-6-13)11-17(3,4)19-16(18)22/h13H,1,5-11H2,2-4H3,(H,19,22). The third-order valence-corrected chi connectivity index (χ3v) is 4.93. The number of amides is 1. The van der Waals surface area contributed by atoms with E-state index in [1.807, 2.05) is 0 Å². The molecule has 0 aromatic rings. The summed E-state index contributed by atoms with van der Waals surface area (Å²) in [7, 11) is 0. The minimum absolute atomic E-state index is 0.135. The summed E-state index contributed by atoms with van der Waals surface area (Å²) in [5.74, 6) is -0.728. The smallest absolute Gasteiger partial charge is 0.344 e. The predicted molar refractivity (Wildman–Crippen MR) is 88.0 cm³/mol. The maximum Gasteiger partial charge on any atom is 0.344 e. The van der Waals surface area contributed by atoms with Crippen LogP contribution in [0.2, 0.25) is 0 Å². The third kappa shape index (κ3) is 4.36. The Balaban J connectivity index is 1.72. The number of nitrogens with one attached hydrogen (secondary N) is 1. The number of esters is 2. The Kier molecular flexibility index (Phi) is 5.35. The van der Waals surface area contributed by atoms with Crippen molar-refractivity contribution in [2.75, 3.05) is 13.2 Å². The van der Waals surface area contributed by atoms with Crippen LogP contribution in [0.5, 0.6) is 0 Å². The average Bonchev–Trinajstić information content (AvgIpc) is 2.72.